The zero-order valence-corrected chi connectivity index (χ0v) is 11.8. The number of benzene rings is 1. The number of anilines is 1. The van der Waals surface area contributed by atoms with Gasteiger partial charge in [0.15, 0.2) is 0 Å². The third-order valence-electron chi connectivity index (χ3n) is 2.94. The van der Waals surface area contributed by atoms with Crippen LogP contribution in [-0.2, 0) is 6.54 Å². The second kappa shape index (κ2) is 5.36. The minimum atomic E-state index is 0.729. The summed E-state index contributed by atoms with van der Waals surface area (Å²) in [6, 6.07) is 12.1. The molecular weight excluding hydrogens is 302 g/mol. The summed E-state index contributed by atoms with van der Waals surface area (Å²) in [4.78, 5) is 8.56. The van der Waals surface area contributed by atoms with Gasteiger partial charge in [-0.1, -0.05) is 28.1 Å². The van der Waals surface area contributed by atoms with E-state index < -0.39 is 0 Å². The molecule has 0 fully saturated rings. The Morgan fingerprint density at radius 3 is 2.79 bits per heavy atom. The number of aromatic nitrogens is 2. The minimum Gasteiger partial charge on any atom is -0.380 e. The summed E-state index contributed by atoms with van der Waals surface area (Å²) in [5.74, 6) is 0. The molecule has 0 spiro atoms. The molecule has 0 atom stereocenters. The number of rotatable bonds is 3. The molecule has 0 saturated carbocycles. The van der Waals surface area contributed by atoms with Crippen molar-refractivity contribution in [1.82, 2.24) is 9.97 Å². The van der Waals surface area contributed by atoms with Crippen LogP contribution in [0.25, 0.3) is 10.9 Å². The maximum absolute atomic E-state index is 4.47. The minimum absolute atomic E-state index is 0.729. The van der Waals surface area contributed by atoms with Crippen molar-refractivity contribution in [2.24, 2.45) is 0 Å². The Morgan fingerprint density at radius 1 is 1.05 bits per heavy atom. The van der Waals surface area contributed by atoms with Gasteiger partial charge in [-0.05, 0) is 29.8 Å². The molecule has 0 aliphatic rings. The lowest BCUT2D eigenvalue weighted by molar-refractivity contribution is 1.14. The second-order valence-corrected chi connectivity index (χ2v) is 5.06. The molecule has 3 aromatic rings. The molecule has 0 saturated heterocycles. The highest BCUT2D eigenvalue weighted by Gasteiger charge is 2.05. The Hall–Kier alpha value is -1.94. The Bertz CT molecular complexity index is 698. The molecule has 1 N–H and O–H groups in total. The summed E-state index contributed by atoms with van der Waals surface area (Å²) in [5, 5.41) is 4.49. The fraction of sp³-hybridized carbons (Fsp3) is 0.0667. The standard InChI is InChI=1S/C15H12BrN3/c16-14-6-5-11(15-13(14)4-2-8-18-15)9-19-12-3-1-7-17-10-12/h1-8,10,19H,9H2. The van der Waals surface area contributed by atoms with E-state index in [9.17, 15) is 0 Å². The largest absolute Gasteiger partial charge is 0.380 e. The molecule has 2 aromatic heterocycles. The van der Waals surface area contributed by atoms with Gasteiger partial charge in [0.2, 0.25) is 0 Å². The Labute approximate surface area is 119 Å². The molecule has 3 rings (SSSR count). The maximum Gasteiger partial charge on any atom is 0.0763 e. The molecule has 0 radical (unpaired) electrons. The van der Waals surface area contributed by atoms with Gasteiger partial charge >= 0.3 is 0 Å². The van der Waals surface area contributed by atoms with Crippen molar-refractivity contribution >= 4 is 32.5 Å². The summed E-state index contributed by atoms with van der Waals surface area (Å²) < 4.78 is 1.07. The topological polar surface area (TPSA) is 37.8 Å². The van der Waals surface area contributed by atoms with Crippen LogP contribution < -0.4 is 5.32 Å². The van der Waals surface area contributed by atoms with Crippen LogP contribution in [0.4, 0.5) is 5.69 Å². The van der Waals surface area contributed by atoms with Crippen molar-refractivity contribution in [2.45, 2.75) is 6.54 Å². The van der Waals surface area contributed by atoms with Crippen molar-refractivity contribution in [3.8, 4) is 0 Å². The van der Waals surface area contributed by atoms with E-state index in [0.717, 1.165) is 27.6 Å². The van der Waals surface area contributed by atoms with Gasteiger partial charge in [0.25, 0.3) is 0 Å². The van der Waals surface area contributed by atoms with Crippen LogP contribution in [0.3, 0.4) is 0 Å². The van der Waals surface area contributed by atoms with Gasteiger partial charge in [-0.15, -0.1) is 0 Å². The number of nitrogens with one attached hydrogen (secondary N) is 1. The average molecular weight is 314 g/mol. The molecule has 3 nitrogen and oxygen atoms in total. The molecular formula is C15H12BrN3. The van der Waals surface area contributed by atoms with Crippen molar-refractivity contribution in [2.75, 3.05) is 5.32 Å². The molecule has 0 unspecified atom stereocenters. The van der Waals surface area contributed by atoms with E-state index in [1.807, 2.05) is 30.6 Å². The lowest BCUT2D eigenvalue weighted by Crippen LogP contribution is -2.01. The van der Waals surface area contributed by atoms with Crippen LogP contribution in [0.1, 0.15) is 5.56 Å². The molecule has 94 valence electrons. The average Bonchev–Trinajstić information content (AvgIpc) is 2.48. The zero-order valence-electron chi connectivity index (χ0n) is 10.2. The van der Waals surface area contributed by atoms with Crippen LogP contribution >= 0.6 is 15.9 Å². The molecule has 0 aliphatic carbocycles. The zero-order chi connectivity index (χ0) is 13.1. The molecule has 0 amide bonds. The highest BCUT2D eigenvalue weighted by molar-refractivity contribution is 9.10. The first-order valence-electron chi connectivity index (χ1n) is 6.00. The number of pyridine rings is 2. The predicted octanol–water partition coefficient (Wildman–Crippen LogP) is 4.00. The number of nitrogens with zero attached hydrogens (tertiary/aromatic N) is 2. The van der Waals surface area contributed by atoms with E-state index in [2.05, 4.69) is 49.4 Å². The van der Waals surface area contributed by atoms with Crippen molar-refractivity contribution in [3.63, 3.8) is 0 Å². The van der Waals surface area contributed by atoms with Gasteiger partial charge in [-0.25, -0.2) is 0 Å². The van der Waals surface area contributed by atoms with Crippen molar-refractivity contribution in [1.29, 1.82) is 0 Å². The molecule has 1 aromatic carbocycles. The number of halogens is 1. The predicted molar refractivity (Wildman–Crippen MR) is 81.0 cm³/mol. The van der Waals surface area contributed by atoms with Crippen LogP contribution in [0, 0.1) is 0 Å². The van der Waals surface area contributed by atoms with Gasteiger partial charge < -0.3 is 5.32 Å². The normalized spacial score (nSPS) is 10.6. The van der Waals surface area contributed by atoms with Gasteiger partial charge in [-0.3, -0.25) is 9.97 Å². The van der Waals surface area contributed by atoms with E-state index in [4.69, 9.17) is 0 Å². The first-order chi connectivity index (χ1) is 9.34. The molecule has 4 heteroatoms. The fourth-order valence-corrected chi connectivity index (χ4v) is 2.46. The lowest BCUT2D eigenvalue weighted by atomic mass is 10.1. The van der Waals surface area contributed by atoms with Crippen LogP contribution in [-0.4, -0.2) is 9.97 Å². The number of hydrogen-bond acceptors (Lipinski definition) is 3. The summed E-state index contributed by atoms with van der Waals surface area (Å²) in [7, 11) is 0. The molecule has 19 heavy (non-hydrogen) atoms. The maximum atomic E-state index is 4.47. The quantitative estimate of drug-likeness (QED) is 0.794. The Kier molecular flexibility index (Phi) is 3.42. The highest BCUT2D eigenvalue weighted by Crippen LogP contribution is 2.25. The van der Waals surface area contributed by atoms with Crippen LogP contribution in [0.5, 0.6) is 0 Å². The molecule has 0 aliphatic heterocycles. The number of fused-ring (bicyclic) bond motifs is 1. The fourth-order valence-electron chi connectivity index (χ4n) is 2.00. The highest BCUT2D eigenvalue weighted by atomic mass is 79.9. The van der Waals surface area contributed by atoms with Gasteiger partial charge in [-0.2, -0.15) is 0 Å². The van der Waals surface area contributed by atoms with Gasteiger partial charge in [0.1, 0.15) is 0 Å². The second-order valence-electron chi connectivity index (χ2n) is 4.20. The van der Waals surface area contributed by atoms with Crippen molar-refractivity contribution in [3.05, 3.63) is 65.0 Å². The van der Waals surface area contributed by atoms with E-state index >= 15 is 0 Å². The first-order valence-corrected chi connectivity index (χ1v) is 6.80. The van der Waals surface area contributed by atoms with E-state index in [1.165, 1.54) is 5.56 Å². The van der Waals surface area contributed by atoms with Crippen LogP contribution in [0.2, 0.25) is 0 Å². The van der Waals surface area contributed by atoms with E-state index in [0.29, 0.717) is 0 Å². The summed E-state index contributed by atoms with van der Waals surface area (Å²) in [6.45, 7) is 0.729. The van der Waals surface area contributed by atoms with Gasteiger partial charge in [0, 0.05) is 35.0 Å². The SMILES string of the molecule is Brc1ccc(CNc2cccnc2)c2ncccc12. The van der Waals surface area contributed by atoms with Crippen molar-refractivity contribution < 1.29 is 0 Å². The van der Waals surface area contributed by atoms with Gasteiger partial charge in [0.05, 0.1) is 11.2 Å². The third kappa shape index (κ3) is 2.58. The smallest absolute Gasteiger partial charge is 0.0763 e. The van der Waals surface area contributed by atoms with Crippen LogP contribution in [0.15, 0.2) is 59.5 Å². The Morgan fingerprint density at radius 2 is 1.95 bits per heavy atom. The Balaban J connectivity index is 1.91. The lowest BCUT2D eigenvalue weighted by Gasteiger charge is -2.09. The summed E-state index contributed by atoms with van der Waals surface area (Å²) >= 11 is 3.56. The van der Waals surface area contributed by atoms with E-state index in [-0.39, 0.29) is 0 Å². The molecule has 2 heterocycles. The van der Waals surface area contributed by atoms with E-state index in [1.54, 1.807) is 6.20 Å². The first kappa shape index (κ1) is 12.1. The monoisotopic (exact) mass is 313 g/mol. The molecule has 0 bridgehead atoms. The number of hydrogen-bond donors (Lipinski definition) is 1. The third-order valence-corrected chi connectivity index (χ3v) is 3.64. The summed E-state index contributed by atoms with van der Waals surface area (Å²) in [6.07, 6.45) is 5.40. The summed E-state index contributed by atoms with van der Waals surface area (Å²) in [5.41, 5.74) is 3.20.